The predicted octanol–water partition coefficient (Wildman–Crippen LogP) is 5.75. The van der Waals surface area contributed by atoms with Gasteiger partial charge in [0.25, 0.3) is 0 Å². The second-order valence-electron chi connectivity index (χ2n) is 4.98. The van der Waals surface area contributed by atoms with Crippen LogP contribution in [0.1, 0.15) is 30.5 Å². The molecule has 0 radical (unpaired) electrons. The highest BCUT2D eigenvalue weighted by atomic mass is 35.5. The van der Waals surface area contributed by atoms with Crippen LogP contribution in [0.3, 0.4) is 0 Å². The summed E-state index contributed by atoms with van der Waals surface area (Å²) >= 11 is 9.94. The standard InChI is InChI=1S/C15H16ClNS2/c1-9-3-4-11(16)8-13(9)17-14-7-10(2)19-15-12(14)5-6-18-15/h3-6,8,10,14,17H,7H2,1-2H3/t10-,14?/m0/s1. The van der Waals surface area contributed by atoms with Crippen LogP contribution in [0.4, 0.5) is 5.69 Å². The minimum atomic E-state index is 0.398. The number of halogens is 1. The molecule has 1 N–H and O–H groups in total. The SMILES string of the molecule is Cc1ccc(Cl)cc1NC1C[C@H](C)Sc2sccc21. The number of rotatable bonds is 2. The van der Waals surface area contributed by atoms with E-state index in [1.54, 1.807) is 0 Å². The Bertz CT molecular complexity index is 594. The molecule has 2 heterocycles. The maximum atomic E-state index is 6.10. The fourth-order valence-electron chi connectivity index (χ4n) is 2.42. The fraction of sp³-hybridized carbons (Fsp3) is 0.333. The first-order valence-corrected chi connectivity index (χ1v) is 8.54. The summed E-state index contributed by atoms with van der Waals surface area (Å²) in [5, 5.41) is 7.31. The van der Waals surface area contributed by atoms with Gasteiger partial charge in [-0.1, -0.05) is 24.6 Å². The van der Waals surface area contributed by atoms with Gasteiger partial charge in [-0.3, -0.25) is 0 Å². The Morgan fingerprint density at radius 3 is 3.00 bits per heavy atom. The van der Waals surface area contributed by atoms with Crippen molar-refractivity contribution in [1.82, 2.24) is 0 Å². The summed E-state index contributed by atoms with van der Waals surface area (Å²) in [4.78, 5) is 0. The first-order valence-electron chi connectivity index (χ1n) is 6.40. The number of benzene rings is 1. The molecule has 1 unspecified atom stereocenters. The van der Waals surface area contributed by atoms with Crippen molar-refractivity contribution >= 4 is 40.4 Å². The zero-order valence-electron chi connectivity index (χ0n) is 10.9. The van der Waals surface area contributed by atoms with E-state index in [9.17, 15) is 0 Å². The maximum absolute atomic E-state index is 6.10. The minimum Gasteiger partial charge on any atom is -0.378 e. The van der Waals surface area contributed by atoms with E-state index in [-0.39, 0.29) is 0 Å². The van der Waals surface area contributed by atoms with Crippen LogP contribution in [-0.2, 0) is 0 Å². The Morgan fingerprint density at radius 2 is 2.16 bits per heavy atom. The van der Waals surface area contributed by atoms with Crippen LogP contribution in [0.2, 0.25) is 5.02 Å². The third-order valence-corrected chi connectivity index (χ3v) is 6.02. The van der Waals surface area contributed by atoms with Crippen LogP contribution in [0.25, 0.3) is 0 Å². The van der Waals surface area contributed by atoms with E-state index in [1.807, 2.05) is 35.2 Å². The molecule has 0 amide bonds. The maximum Gasteiger partial charge on any atom is 0.0653 e. The summed E-state index contributed by atoms with van der Waals surface area (Å²) in [6, 6.07) is 8.68. The third kappa shape index (κ3) is 2.78. The molecular weight excluding hydrogens is 294 g/mol. The highest BCUT2D eigenvalue weighted by Gasteiger charge is 2.26. The van der Waals surface area contributed by atoms with Gasteiger partial charge in [-0.15, -0.1) is 23.1 Å². The lowest BCUT2D eigenvalue weighted by Crippen LogP contribution is -2.19. The smallest absolute Gasteiger partial charge is 0.0653 e. The highest BCUT2D eigenvalue weighted by molar-refractivity contribution is 8.01. The fourth-order valence-corrected chi connectivity index (χ4v) is 5.16. The van der Waals surface area contributed by atoms with Crippen molar-refractivity contribution < 1.29 is 0 Å². The average Bonchev–Trinajstić information content (AvgIpc) is 2.82. The van der Waals surface area contributed by atoms with Crippen molar-refractivity contribution in [2.45, 2.75) is 35.8 Å². The van der Waals surface area contributed by atoms with Gasteiger partial charge in [-0.25, -0.2) is 0 Å². The molecular formula is C15H16ClNS2. The Morgan fingerprint density at radius 1 is 1.32 bits per heavy atom. The van der Waals surface area contributed by atoms with Crippen LogP contribution < -0.4 is 5.32 Å². The molecule has 1 aliphatic heterocycles. The predicted molar refractivity (Wildman–Crippen MR) is 86.8 cm³/mol. The van der Waals surface area contributed by atoms with E-state index in [0.29, 0.717) is 11.3 Å². The summed E-state index contributed by atoms with van der Waals surface area (Å²) in [5.41, 5.74) is 3.83. The molecule has 0 fully saturated rings. The second kappa shape index (κ2) is 5.39. The summed E-state index contributed by atoms with van der Waals surface area (Å²) in [6.45, 7) is 4.42. The van der Waals surface area contributed by atoms with Crippen LogP contribution in [0.15, 0.2) is 33.9 Å². The monoisotopic (exact) mass is 309 g/mol. The summed E-state index contributed by atoms with van der Waals surface area (Å²) in [6.07, 6.45) is 1.15. The lowest BCUT2D eigenvalue weighted by atomic mass is 10.0. The van der Waals surface area contributed by atoms with E-state index < -0.39 is 0 Å². The third-order valence-electron chi connectivity index (χ3n) is 3.44. The summed E-state index contributed by atoms with van der Waals surface area (Å²) < 4.78 is 1.45. The van der Waals surface area contributed by atoms with Gasteiger partial charge in [0.05, 0.1) is 10.3 Å². The molecule has 4 heteroatoms. The van der Waals surface area contributed by atoms with Gasteiger partial charge < -0.3 is 5.32 Å². The van der Waals surface area contributed by atoms with Gasteiger partial charge in [0.15, 0.2) is 0 Å². The molecule has 19 heavy (non-hydrogen) atoms. The number of hydrogen-bond donors (Lipinski definition) is 1. The zero-order chi connectivity index (χ0) is 13.4. The summed E-state index contributed by atoms with van der Waals surface area (Å²) in [7, 11) is 0. The Labute approximate surface area is 127 Å². The van der Waals surface area contributed by atoms with Gasteiger partial charge in [0, 0.05) is 16.0 Å². The zero-order valence-corrected chi connectivity index (χ0v) is 13.3. The van der Waals surface area contributed by atoms with Crippen LogP contribution in [-0.4, -0.2) is 5.25 Å². The number of fused-ring (bicyclic) bond motifs is 1. The largest absolute Gasteiger partial charge is 0.378 e. The van der Waals surface area contributed by atoms with Crippen molar-refractivity contribution in [2.24, 2.45) is 0 Å². The molecule has 1 aromatic carbocycles. The van der Waals surface area contributed by atoms with Crippen molar-refractivity contribution in [3.63, 3.8) is 0 Å². The first-order chi connectivity index (χ1) is 9.13. The van der Waals surface area contributed by atoms with Gasteiger partial charge >= 0.3 is 0 Å². The number of thiophene rings is 1. The normalized spacial score (nSPS) is 22.1. The lowest BCUT2D eigenvalue weighted by Gasteiger charge is -2.29. The van der Waals surface area contributed by atoms with E-state index >= 15 is 0 Å². The quantitative estimate of drug-likeness (QED) is 0.758. The molecule has 0 bridgehead atoms. The Kier molecular flexibility index (Phi) is 3.79. The van der Waals surface area contributed by atoms with E-state index in [0.717, 1.165) is 17.1 Å². The Balaban J connectivity index is 1.90. The molecule has 3 rings (SSSR count). The lowest BCUT2D eigenvalue weighted by molar-refractivity contribution is 0.669. The number of nitrogens with one attached hydrogen (secondary N) is 1. The van der Waals surface area contributed by atoms with E-state index in [1.165, 1.54) is 15.3 Å². The van der Waals surface area contributed by atoms with E-state index in [2.05, 4.69) is 36.7 Å². The second-order valence-corrected chi connectivity index (χ2v) is 8.04. The molecule has 100 valence electrons. The van der Waals surface area contributed by atoms with E-state index in [4.69, 9.17) is 11.6 Å². The molecule has 1 aromatic heterocycles. The van der Waals surface area contributed by atoms with Crippen LogP contribution >= 0.6 is 34.7 Å². The average molecular weight is 310 g/mol. The van der Waals surface area contributed by atoms with Crippen LogP contribution in [0.5, 0.6) is 0 Å². The Hall–Kier alpha value is -0.640. The molecule has 0 aliphatic carbocycles. The van der Waals surface area contributed by atoms with Crippen molar-refractivity contribution in [1.29, 1.82) is 0 Å². The first kappa shape index (κ1) is 13.3. The van der Waals surface area contributed by atoms with Gasteiger partial charge in [-0.2, -0.15) is 0 Å². The van der Waals surface area contributed by atoms with Crippen LogP contribution in [0, 0.1) is 6.92 Å². The molecule has 0 saturated carbocycles. The number of anilines is 1. The number of thioether (sulfide) groups is 1. The topological polar surface area (TPSA) is 12.0 Å². The van der Waals surface area contributed by atoms with Crippen molar-refractivity contribution in [3.8, 4) is 0 Å². The van der Waals surface area contributed by atoms with Crippen molar-refractivity contribution in [2.75, 3.05) is 5.32 Å². The number of aryl methyl sites for hydroxylation is 1. The molecule has 2 atom stereocenters. The molecule has 2 aromatic rings. The summed E-state index contributed by atoms with van der Waals surface area (Å²) in [5.74, 6) is 0. The van der Waals surface area contributed by atoms with Gasteiger partial charge in [0.1, 0.15) is 0 Å². The van der Waals surface area contributed by atoms with Gasteiger partial charge in [0.2, 0.25) is 0 Å². The molecule has 1 aliphatic rings. The molecule has 1 nitrogen and oxygen atoms in total. The number of hydrogen-bond acceptors (Lipinski definition) is 3. The molecule has 0 spiro atoms. The van der Waals surface area contributed by atoms with Gasteiger partial charge in [-0.05, 0) is 48.1 Å². The van der Waals surface area contributed by atoms with Crippen molar-refractivity contribution in [3.05, 3.63) is 45.8 Å². The molecule has 0 saturated heterocycles. The minimum absolute atomic E-state index is 0.398. The highest BCUT2D eigenvalue weighted by Crippen LogP contribution is 2.45.